The van der Waals surface area contributed by atoms with Crippen LogP contribution in [0.3, 0.4) is 0 Å². The summed E-state index contributed by atoms with van der Waals surface area (Å²) >= 11 is 0. The predicted octanol–water partition coefficient (Wildman–Crippen LogP) is 4.96. The number of halogens is 3. The zero-order valence-electron chi connectivity index (χ0n) is 23.6. The van der Waals surface area contributed by atoms with Crippen LogP contribution in [-0.4, -0.2) is 57.0 Å². The third-order valence-corrected chi connectivity index (χ3v) is 8.04. The Balaban J connectivity index is 1.58. The lowest BCUT2D eigenvalue weighted by Gasteiger charge is -2.36. The van der Waals surface area contributed by atoms with Crippen LogP contribution in [0.15, 0.2) is 73.1 Å². The fourth-order valence-corrected chi connectivity index (χ4v) is 5.86. The first-order chi connectivity index (χ1) is 20.5. The second-order valence-corrected chi connectivity index (χ2v) is 11.5. The molecule has 8 nitrogen and oxygen atoms in total. The summed E-state index contributed by atoms with van der Waals surface area (Å²) in [4.78, 5) is 34.6. The van der Waals surface area contributed by atoms with E-state index in [9.17, 15) is 33.1 Å². The number of carbonyl (C=O) groups is 2. The topological polar surface area (TPSA) is 110 Å². The quantitative estimate of drug-likeness (QED) is 0.376. The molecule has 2 aliphatic rings. The first-order valence-corrected chi connectivity index (χ1v) is 14.1. The van der Waals surface area contributed by atoms with Crippen molar-refractivity contribution in [2.24, 2.45) is 0 Å². The number of aliphatic hydroxyl groups is 1. The van der Waals surface area contributed by atoms with Gasteiger partial charge in [-0.05, 0) is 49.1 Å². The molecule has 11 heteroatoms. The van der Waals surface area contributed by atoms with Crippen LogP contribution in [0.25, 0.3) is 11.1 Å². The van der Waals surface area contributed by atoms with E-state index < -0.39 is 47.3 Å². The van der Waals surface area contributed by atoms with Crippen molar-refractivity contribution in [1.82, 2.24) is 15.2 Å². The molecule has 1 saturated heterocycles. The summed E-state index contributed by atoms with van der Waals surface area (Å²) in [5.74, 6) is -4.90. The van der Waals surface area contributed by atoms with Crippen LogP contribution in [0.2, 0.25) is 0 Å². The second kappa shape index (κ2) is 12.1. The van der Waals surface area contributed by atoms with E-state index in [1.54, 1.807) is 24.3 Å². The summed E-state index contributed by atoms with van der Waals surface area (Å²) in [5.41, 5.74) is 0.772. The van der Waals surface area contributed by atoms with Crippen LogP contribution in [0.5, 0.6) is 0 Å². The number of nitrogens with zero attached hydrogens (tertiary/aromatic N) is 4. The van der Waals surface area contributed by atoms with E-state index in [2.05, 4.69) is 10.3 Å². The Hall–Kier alpha value is -4.43. The van der Waals surface area contributed by atoms with Crippen LogP contribution in [0.1, 0.15) is 50.6 Å². The van der Waals surface area contributed by atoms with E-state index in [4.69, 9.17) is 0 Å². The molecule has 0 radical (unpaired) electrons. The van der Waals surface area contributed by atoms with Gasteiger partial charge in [-0.2, -0.15) is 5.26 Å². The number of aromatic nitrogens is 1. The molecule has 2 amide bonds. The molecule has 1 aliphatic heterocycles. The molecule has 2 N–H and O–H groups in total. The van der Waals surface area contributed by atoms with Crippen molar-refractivity contribution in [2.45, 2.75) is 68.7 Å². The van der Waals surface area contributed by atoms with Crippen LogP contribution < -0.4 is 10.2 Å². The van der Waals surface area contributed by atoms with E-state index in [-0.39, 0.29) is 49.9 Å². The van der Waals surface area contributed by atoms with E-state index in [0.29, 0.717) is 0 Å². The Morgan fingerprint density at radius 2 is 1.74 bits per heavy atom. The van der Waals surface area contributed by atoms with Gasteiger partial charge in [0.25, 0.3) is 5.91 Å². The highest BCUT2D eigenvalue weighted by Gasteiger charge is 2.47. The highest BCUT2D eigenvalue weighted by Crippen LogP contribution is 2.37. The number of anilines is 1. The van der Waals surface area contributed by atoms with Gasteiger partial charge in [0, 0.05) is 42.8 Å². The zero-order chi connectivity index (χ0) is 30.8. The number of likely N-dealkylation sites (tertiary alicyclic amines) is 1. The second-order valence-electron chi connectivity index (χ2n) is 11.5. The Morgan fingerprint density at radius 3 is 2.37 bits per heavy atom. The molecule has 0 bridgehead atoms. The van der Waals surface area contributed by atoms with Gasteiger partial charge in [-0.3, -0.25) is 24.4 Å². The molecule has 2 fully saturated rings. The van der Waals surface area contributed by atoms with E-state index in [1.807, 2.05) is 36.5 Å². The SMILES string of the molecule is CC1(O)CC(C(=O)N(c2ccc(-c3ccccc3)cc2)C(C(=O)NC2CCC(F)(F)CC2)c2cncc(F)c2)N(C#N)C1. The number of alkyl halides is 2. The van der Waals surface area contributed by atoms with Gasteiger partial charge in [0.2, 0.25) is 11.8 Å². The maximum absolute atomic E-state index is 14.5. The van der Waals surface area contributed by atoms with Crippen molar-refractivity contribution in [3.63, 3.8) is 0 Å². The third-order valence-electron chi connectivity index (χ3n) is 8.04. The van der Waals surface area contributed by atoms with Gasteiger partial charge in [0.1, 0.15) is 17.9 Å². The highest BCUT2D eigenvalue weighted by atomic mass is 19.3. The maximum atomic E-state index is 14.5. The van der Waals surface area contributed by atoms with Crippen LogP contribution in [0, 0.1) is 17.3 Å². The summed E-state index contributed by atoms with van der Waals surface area (Å²) < 4.78 is 42.2. The van der Waals surface area contributed by atoms with Gasteiger partial charge in [-0.15, -0.1) is 0 Å². The number of rotatable bonds is 7. The van der Waals surface area contributed by atoms with Crippen LogP contribution in [0.4, 0.5) is 18.9 Å². The Morgan fingerprint density at radius 1 is 1.09 bits per heavy atom. The number of hydrogen-bond donors (Lipinski definition) is 2. The smallest absolute Gasteiger partial charge is 0.251 e. The van der Waals surface area contributed by atoms with Crippen LogP contribution in [-0.2, 0) is 9.59 Å². The minimum atomic E-state index is -2.81. The van der Waals surface area contributed by atoms with Crippen LogP contribution >= 0.6 is 0 Å². The predicted molar refractivity (Wildman–Crippen MR) is 153 cm³/mol. The van der Waals surface area contributed by atoms with Gasteiger partial charge >= 0.3 is 0 Å². The van der Waals surface area contributed by atoms with Gasteiger partial charge in [0.15, 0.2) is 6.19 Å². The van der Waals surface area contributed by atoms with Crippen molar-refractivity contribution in [1.29, 1.82) is 5.26 Å². The van der Waals surface area contributed by atoms with Crippen molar-refractivity contribution in [2.75, 3.05) is 11.4 Å². The number of benzene rings is 2. The Bertz CT molecular complexity index is 1500. The average Bonchev–Trinajstić information content (AvgIpc) is 3.31. The molecule has 224 valence electrons. The molecule has 1 aromatic heterocycles. The summed E-state index contributed by atoms with van der Waals surface area (Å²) in [5, 5.41) is 23.3. The van der Waals surface area contributed by atoms with Gasteiger partial charge in [-0.1, -0.05) is 42.5 Å². The monoisotopic (exact) mass is 591 g/mol. The van der Waals surface area contributed by atoms with E-state index in [0.717, 1.165) is 28.3 Å². The molecule has 2 heterocycles. The van der Waals surface area contributed by atoms with E-state index in [1.165, 1.54) is 18.0 Å². The summed E-state index contributed by atoms with van der Waals surface area (Å²) in [7, 11) is 0. The molecule has 2 aromatic carbocycles. The lowest BCUT2D eigenvalue weighted by atomic mass is 9.91. The number of pyridine rings is 1. The average molecular weight is 592 g/mol. The Labute approximate surface area is 247 Å². The number of carbonyl (C=O) groups excluding carboxylic acids is 2. The molecule has 1 aliphatic carbocycles. The lowest BCUT2D eigenvalue weighted by molar-refractivity contribution is -0.129. The molecule has 3 unspecified atom stereocenters. The molecule has 5 rings (SSSR count). The first kappa shape index (κ1) is 30.0. The van der Waals surface area contributed by atoms with Crippen molar-refractivity contribution >= 4 is 17.5 Å². The molecule has 1 saturated carbocycles. The fraction of sp³-hybridized carbons (Fsp3) is 0.375. The molecule has 3 aromatic rings. The number of nitrogens with one attached hydrogen (secondary N) is 1. The lowest BCUT2D eigenvalue weighted by Crippen LogP contribution is -2.52. The minimum Gasteiger partial charge on any atom is -0.388 e. The fourth-order valence-electron chi connectivity index (χ4n) is 5.86. The summed E-state index contributed by atoms with van der Waals surface area (Å²) in [6.45, 7) is 1.43. The molecular weight excluding hydrogens is 559 g/mol. The van der Waals surface area contributed by atoms with E-state index >= 15 is 0 Å². The normalized spacial score (nSPS) is 22.4. The highest BCUT2D eigenvalue weighted by molar-refractivity contribution is 6.04. The maximum Gasteiger partial charge on any atom is 0.251 e. The van der Waals surface area contributed by atoms with Gasteiger partial charge < -0.3 is 10.4 Å². The number of amides is 2. The minimum absolute atomic E-state index is 0.0419. The molecular formula is C32H32F3N5O3. The summed E-state index contributed by atoms with van der Waals surface area (Å²) in [6.07, 6.45) is 3.43. The molecule has 43 heavy (non-hydrogen) atoms. The number of β-amino-alcohol motifs (C(OH)–C–C–N with tert-alkyl or cyclic N) is 1. The Kier molecular flexibility index (Phi) is 8.42. The zero-order valence-corrected chi connectivity index (χ0v) is 23.6. The van der Waals surface area contributed by atoms with Crippen molar-refractivity contribution in [3.05, 3.63) is 84.4 Å². The summed E-state index contributed by atoms with van der Waals surface area (Å²) in [6, 6.07) is 14.3. The van der Waals surface area contributed by atoms with Gasteiger partial charge in [0.05, 0.1) is 18.3 Å². The standard InChI is InChI=1S/C32H32F3N5O3/c1-31(43)16-27(39(19-31)20-36)30(42)40(26-9-7-22(8-10-26)21-5-3-2-4-6-21)28(23-15-24(33)18-37-17-23)29(41)38-25-11-13-32(34,35)14-12-25/h2-10,15,17-18,25,27-28,43H,11-14,16,19H2,1H3,(H,38,41). The first-order valence-electron chi connectivity index (χ1n) is 14.1. The number of hydrogen-bond acceptors (Lipinski definition) is 6. The number of nitriles is 1. The molecule has 0 spiro atoms. The van der Waals surface area contributed by atoms with Crippen molar-refractivity contribution in [3.8, 4) is 17.3 Å². The molecule has 3 atom stereocenters. The largest absolute Gasteiger partial charge is 0.388 e. The van der Waals surface area contributed by atoms with Gasteiger partial charge in [-0.25, -0.2) is 13.2 Å². The third kappa shape index (κ3) is 6.81. The van der Waals surface area contributed by atoms with Crippen molar-refractivity contribution < 1.29 is 27.9 Å².